The van der Waals surface area contributed by atoms with Crippen LogP contribution in [-0.2, 0) is 16.1 Å². The van der Waals surface area contributed by atoms with Crippen LogP contribution in [0.2, 0.25) is 0 Å². The normalized spacial score (nSPS) is 20.1. The lowest BCUT2D eigenvalue weighted by molar-refractivity contribution is -0.119. The second-order valence-electron chi connectivity index (χ2n) is 8.65. The maximum atomic E-state index is 13.8. The second kappa shape index (κ2) is 7.92. The van der Waals surface area contributed by atoms with Crippen LogP contribution in [0.3, 0.4) is 0 Å². The van der Waals surface area contributed by atoms with E-state index in [1.807, 2.05) is 13.8 Å². The zero-order chi connectivity index (χ0) is 22.2. The zero-order valence-corrected chi connectivity index (χ0v) is 17.4. The van der Waals surface area contributed by atoms with E-state index >= 15 is 0 Å². The average molecular weight is 418 g/mol. The van der Waals surface area contributed by atoms with Crippen molar-refractivity contribution in [3.63, 3.8) is 0 Å². The lowest BCUT2D eigenvalue weighted by Crippen LogP contribution is -2.33. The Morgan fingerprint density at radius 1 is 1.19 bits per heavy atom. The number of ether oxygens (including phenoxy) is 2. The molecule has 1 unspecified atom stereocenters. The molecular weight excluding hydrogens is 395 g/mol. The van der Waals surface area contributed by atoms with Gasteiger partial charge in [-0.1, -0.05) is 44.2 Å². The number of carbonyl (C=O) groups is 1. The molecule has 158 valence electrons. The standard InChI is InChI=1S/C25H23FN2O3/c1-25(2)11-20(29)23-21(12-25)31-24(28)18(13-27)22(23)15-7-9-17(10-8-15)30-14-16-5-3-4-6-19(16)26/h3-10,22H,11-12,14,28H2,1-2H3. The maximum Gasteiger partial charge on any atom is 0.205 e. The van der Waals surface area contributed by atoms with Crippen molar-refractivity contribution >= 4 is 5.78 Å². The Morgan fingerprint density at radius 3 is 2.58 bits per heavy atom. The molecule has 5 nitrogen and oxygen atoms in total. The molecular formula is C25H23FN2O3. The van der Waals surface area contributed by atoms with Gasteiger partial charge in [0.25, 0.3) is 0 Å². The molecule has 1 aliphatic carbocycles. The predicted octanol–water partition coefficient (Wildman–Crippen LogP) is 4.86. The number of allylic oxidation sites excluding steroid dienone is 3. The van der Waals surface area contributed by atoms with E-state index in [4.69, 9.17) is 15.2 Å². The first kappa shape index (κ1) is 20.7. The first-order chi connectivity index (χ1) is 14.8. The SMILES string of the molecule is CC1(C)CC(=O)C2=C(C1)OC(N)=C(C#N)C2c1ccc(OCc2ccccc2F)cc1. The highest BCUT2D eigenvalue weighted by molar-refractivity contribution is 6.00. The first-order valence-corrected chi connectivity index (χ1v) is 10.1. The molecule has 0 fully saturated rings. The van der Waals surface area contributed by atoms with Gasteiger partial charge in [0, 0.05) is 24.0 Å². The van der Waals surface area contributed by atoms with Crippen molar-refractivity contribution in [3.8, 4) is 11.8 Å². The number of halogens is 1. The number of hydrogen-bond donors (Lipinski definition) is 1. The summed E-state index contributed by atoms with van der Waals surface area (Å²) in [5, 5.41) is 9.70. The van der Waals surface area contributed by atoms with Gasteiger partial charge in [-0.05, 0) is 29.2 Å². The summed E-state index contributed by atoms with van der Waals surface area (Å²) in [6, 6.07) is 15.6. The number of nitriles is 1. The number of nitrogens with zero attached hydrogens (tertiary/aromatic N) is 1. The lowest BCUT2D eigenvalue weighted by Gasteiger charge is -2.37. The van der Waals surface area contributed by atoms with Crippen LogP contribution in [0.4, 0.5) is 4.39 Å². The number of benzene rings is 2. The van der Waals surface area contributed by atoms with Gasteiger partial charge >= 0.3 is 0 Å². The van der Waals surface area contributed by atoms with Crippen LogP contribution >= 0.6 is 0 Å². The summed E-state index contributed by atoms with van der Waals surface area (Å²) in [6.07, 6.45) is 0.960. The lowest BCUT2D eigenvalue weighted by atomic mass is 9.70. The Balaban J connectivity index is 1.63. The van der Waals surface area contributed by atoms with E-state index in [1.165, 1.54) is 6.07 Å². The summed E-state index contributed by atoms with van der Waals surface area (Å²) in [6.45, 7) is 4.12. The smallest absolute Gasteiger partial charge is 0.205 e. The molecule has 0 aromatic heterocycles. The summed E-state index contributed by atoms with van der Waals surface area (Å²) < 4.78 is 25.2. The number of Topliss-reactive ketones (excluding diaryl/α,β-unsaturated/α-hetero) is 1. The van der Waals surface area contributed by atoms with Crippen molar-refractivity contribution in [1.82, 2.24) is 0 Å². The van der Waals surface area contributed by atoms with Crippen molar-refractivity contribution in [2.75, 3.05) is 0 Å². The number of carbonyl (C=O) groups excluding carboxylic acids is 1. The average Bonchev–Trinajstić information content (AvgIpc) is 2.71. The molecule has 2 aromatic rings. The van der Waals surface area contributed by atoms with Gasteiger partial charge in [0.1, 0.15) is 35.6 Å². The van der Waals surface area contributed by atoms with Crippen molar-refractivity contribution < 1.29 is 18.7 Å². The Morgan fingerprint density at radius 2 is 1.90 bits per heavy atom. The van der Waals surface area contributed by atoms with Crippen LogP contribution in [0.1, 0.15) is 43.7 Å². The minimum Gasteiger partial charge on any atom is -0.489 e. The monoisotopic (exact) mass is 418 g/mol. The molecule has 2 aliphatic rings. The van der Waals surface area contributed by atoms with Crippen molar-refractivity contribution in [1.29, 1.82) is 5.26 Å². The van der Waals surface area contributed by atoms with E-state index in [2.05, 4.69) is 6.07 Å². The summed E-state index contributed by atoms with van der Waals surface area (Å²) in [5.74, 6) is 0.215. The highest BCUT2D eigenvalue weighted by Gasteiger charge is 2.42. The van der Waals surface area contributed by atoms with Gasteiger partial charge in [0.2, 0.25) is 5.88 Å². The number of ketones is 1. The summed E-state index contributed by atoms with van der Waals surface area (Å²) in [4.78, 5) is 13.0. The molecule has 0 amide bonds. The molecule has 0 radical (unpaired) electrons. The van der Waals surface area contributed by atoms with Crippen LogP contribution in [0.5, 0.6) is 5.75 Å². The largest absolute Gasteiger partial charge is 0.489 e. The molecule has 0 saturated heterocycles. The molecule has 1 aliphatic heterocycles. The number of rotatable bonds is 4. The highest BCUT2D eigenvalue weighted by atomic mass is 19.1. The number of hydrogen-bond acceptors (Lipinski definition) is 5. The van der Waals surface area contributed by atoms with Crippen LogP contribution < -0.4 is 10.5 Å². The van der Waals surface area contributed by atoms with Crippen LogP contribution in [-0.4, -0.2) is 5.78 Å². The maximum absolute atomic E-state index is 13.8. The third kappa shape index (κ3) is 4.04. The van der Waals surface area contributed by atoms with E-state index in [0.29, 0.717) is 35.5 Å². The second-order valence-corrected chi connectivity index (χ2v) is 8.65. The Kier molecular flexibility index (Phi) is 5.28. The molecule has 2 aromatic carbocycles. The van der Waals surface area contributed by atoms with Crippen molar-refractivity contribution in [2.24, 2.45) is 11.1 Å². The zero-order valence-electron chi connectivity index (χ0n) is 17.4. The minimum atomic E-state index is -0.571. The summed E-state index contributed by atoms with van der Waals surface area (Å²) in [7, 11) is 0. The molecule has 1 atom stereocenters. The van der Waals surface area contributed by atoms with E-state index in [9.17, 15) is 14.4 Å². The number of nitrogens with two attached hydrogens (primary N) is 1. The van der Waals surface area contributed by atoms with Crippen molar-refractivity contribution in [3.05, 3.63) is 88.3 Å². The van der Waals surface area contributed by atoms with Gasteiger partial charge in [0.15, 0.2) is 5.78 Å². The van der Waals surface area contributed by atoms with E-state index < -0.39 is 5.92 Å². The fourth-order valence-corrected chi connectivity index (χ4v) is 4.15. The first-order valence-electron chi connectivity index (χ1n) is 10.1. The molecule has 0 bridgehead atoms. The van der Waals surface area contributed by atoms with Gasteiger partial charge in [-0.25, -0.2) is 4.39 Å². The fraction of sp³-hybridized carbons (Fsp3) is 0.280. The molecule has 6 heteroatoms. The minimum absolute atomic E-state index is 0.0311. The quantitative estimate of drug-likeness (QED) is 0.767. The van der Waals surface area contributed by atoms with Gasteiger partial charge in [0.05, 0.1) is 5.92 Å². The van der Waals surface area contributed by atoms with Gasteiger partial charge in [-0.3, -0.25) is 4.79 Å². The third-order valence-corrected chi connectivity index (χ3v) is 5.64. The predicted molar refractivity (Wildman–Crippen MR) is 113 cm³/mol. The van der Waals surface area contributed by atoms with Gasteiger partial charge < -0.3 is 15.2 Å². The van der Waals surface area contributed by atoms with Gasteiger partial charge in [-0.15, -0.1) is 0 Å². The van der Waals surface area contributed by atoms with E-state index in [1.54, 1.807) is 42.5 Å². The highest BCUT2D eigenvalue weighted by Crippen LogP contribution is 2.47. The van der Waals surface area contributed by atoms with Crippen LogP contribution in [0.25, 0.3) is 0 Å². The van der Waals surface area contributed by atoms with E-state index in [0.717, 1.165) is 5.56 Å². The third-order valence-electron chi connectivity index (χ3n) is 5.64. The molecule has 2 N–H and O–H groups in total. The molecule has 0 spiro atoms. The molecule has 4 rings (SSSR count). The fourth-order valence-electron chi connectivity index (χ4n) is 4.15. The van der Waals surface area contributed by atoms with Crippen molar-refractivity contribution in [2.45, 2.75) is 39.2 Å². The molecule has 31 heavy (non-hydrogen) atoms. The van der Waals surface area contributed by atoms with E-state index in [-0.39, 0.29) is 35.1 Å². The summed E-state index contributed by atoms with van der Waals surface area (Å²) in [5.41, 5.74) is 7.76. The Labute approximate surface area is 180 Å². The molecule has 1 heterocycles. The Hall–Kier alpha value is -3.59. The topological polar surface area (TPSA) is 85.3 Å². The molecule has 0 saturated carbocycles. The van der Waals surface area contributed by atoms with Gasteiger partial charge in [-0.2, -0.15) is 5.26 Å². The van der Waals surface area contributed by atoms with Crippen LogP contribution in [0, 0.1) is 22.6 Å². The Bertz CT molecular complexity index is 1140. The van der Waals surface area contributed by atoms with Crippen LogP contribution in [0.15, 0.2) is 71.3 Å². The summed E-state index contributed by atoms with van der Waals surface area (Å²) >= 11 is 0.